The summed E-state index contributed by atoms with van der Waals surface area (Å²) < 4.78 is 19.0. The fourth-order valence-corrected chi connectivity index (χ4v) is 2.08. The van der Waals surface area contributed by atoms with Crippen LogP contribution in [0, 0.1) is 11.7 Å². The number of nitrogens with two attached hydrogens (primary N) is 1. The molecule has 5 heteroatoms. The highest BCUT2D eigenvalue weighted by molar-refractivity contribution is 6.12. The molecule has 0 aromatic heterocycles. The highest BCUT2D eigenvalue weighted by atomic mass is 19.1. The van der Waals surface area contributed by atoms with Crippen molar-refractivity contribution in [2.45, 2.75) is 27.2 Å². The van der Waals surface area contributed by atoms with E-state index in [9.17, 15) is 9.50 Å². The number of allylic oxidation sites excluding steroid dienone is 4. The van der Waals surface area contributed by atoms with Gasteiger partial charge in [0.2, 0.25) is 0 Å². The Morgan fingerprint density at radius 3 is 2.62 bits per heavy atom. The first-order valence-electron chi connectivity index (χ1n) is 7.84. The first-order chi connectivity index (χ1) is 11.4. The second kappa shape index (κ2) is 9.55. The van der Waals surface area contributed by atoms with E-state index >= 15 is 0 Å². The highest BCUT2D eigenvalue weighted by Crippen LogP contribution is 2.19. The largest absolute Gasteiger partial charge is 0.508 e. The van der Waals surface area contributed by atoms with Crippen LogP contribution in [0.5, 0.6) is 5.75 Å². The van der Waals surface area contributed by atoms with Gasteiger partial charge in [-0.1, -0.05) is 26.8 Å². The van der Waals surface area contributed by atoms with Gasteiger partial charge in [0.15, 0.2) is 0 Å². The minimum absolute atomic E-state index is 0.107. The van der Waals surface area contributed by atoms with E-state index in [0.717, 1.165) is 0 Å². The first kappa shape index (κ1) is 19.5. The van der Waals surface area contributed by atoms with Crippen molar-refractivity contribution in [2.24, 2.45) is 16.9 Å². The van der Waals surface area contributed by atoms with Gasteiger partial charge in [-0.2, -0.15) is 5.10 Å². The second-order valence-electron chi connectivity index (χ2n) is 5.56. The molecule has 0 saturated heterocycles. The van der Waals surface area contributed by atoms with Crippen molar-refractivity contribution in [3.05, 3.63) is 59.1 Å². The van der Waals surface area contributed by atoms with Gasteiger partial charge < -0.3 is 15.7 Å². The molecule has 1 aromatic carbocycles. The van der Waals surface area contributed by atoms with E-state index in [1.807, 2.05) is 26.8 Å². The van der Waals surface area contributed by atoms with Crippen LogP contribution in [-0.2, 0) is 0 Å². The van der Waals surface area contributed by atoms with Crippen molar-refractivity contribution in [3.63, 3.8) is 0 Å². The summed E-state index contributed by atoms with van der Waals surface area (Å²) in [4.78, 5) is 0. The van der Waals surface area contributed by atoms with Gasteiger partial charge >= 0.3 is 0 Å². The number of hydrogen-bond donors (Lipinski definition) is 2. The zero-order valence-corrected chi connectivity index (χ0v) is 14.6. The maximum absolute atomic E-state index is 14.0. The van der Waals surface area contributed by atoms with Crippen molar-refractivity contribution in [2.75, 3.05) is 7.11 Å². The SMILES string of the molecule is CC\C=C(O)/C(=C\C(C)C)C(/C=C/c1ccc(OC)cc1F)=N/N. The Balaban J connectivity index is 3.18. The number of hydrazone groups is 1. The molecule has 0 unspecified atom stereocenters. The van der Waals surface area contributed by atoms with Crippen LogP contribution in [0.4, 0.5) is 4.39 Å². The monoisotopic (exact) mass is 332 g/mol. The van der Waals surface area contributed by atoms with Gasteiger partial charge in [-0.3, -0.25) is 0 Å². The van der Waals surface area contributed by atoms with Crippen LogP contribution in [0.25, 0.3) is 6.08 Å². The number of hydrogen-bond acceptors (Lipinski definition) is 4. The summed E-state index contributed by atoms with van der Waals surface area (Å²) in [7, 11) is 1.48. The first-order valence-corrected chi connectivity index (χ1v) is 7.84. The molecule has 0 aliphatic heterocycles. The van der Waals surface area contributed by atoms with Gasteiger partial charge in [0, 0.05) is 17.2 Å². The smallest absolute Gasteiger partial charge is 0.134 e. The highest BCUT2D eigenvalue weighted by Gasteiger charge is 2.10. The van der Waals surface area contributed by atoms with Crippen molar-refractivity contribution >= 4 is 11.8 Å². The molecule has 0 amide bonds. The third kappa shape index (κ3) is 5.57. The average molecular weight is 332 g/mol. The zero-order chi connectivity index (χ0) is 18.1. The normalized spacial score (nSPS) is 13.8. The van der Waals surface area contributed by atoms with Crippen LogP contribution in [0.1, 0.15) is 32.8 Å². The Bertz CT molecular complexity index is 674. The molecule has 0 aliphatic carbocycles. The van der Waals surface area contributed by atoms with E-state index in [1.54, 1.807) is 30.4 Å². The van der Waals surface area contributed by atoms with Gasteiger partial charge in [-0.05, 0) is 42.7 Å². The van der Waals surface area contributed by atoms with E-state index in [0.29, 0.717) is 29.0 Å². The molecular formula is C19H25FN2O2. The van der Waals surface area contributed by atoms with Crippen LogP contribution in [0.15, 0.2) is 52.9 Å². The molecule has 1 aromatic rings. The summed E-state index contributed by atoms with van der Waals surface area (Å²) in [6, 6.07) is 4.58. The fraction of sp³-hybridized carbons (Fsp3) is 0.316. The number of halogens is 1. The lowest BCUT2D eigenvalue weighted by Gasteiger charge is -2.09. The summed E-state index contributed by atoms with van der Waals surface area (Å²) in [5, 5.41) is 13.9. The summed E-state index contributed by atoms with van der Waals surface area (Å²) >= 11 is 0. The number of aliphatic hydroxyl groups excluding tert-OH is 1. The van der Waals surface area contributed by atoms with Crippen LogP contribution in [0.3, 0.4) is 0 Å². The molecule has 0 saturated carbocycles. The molecule has 0 atom stereocenters. The summed E-state index contributed by atoms with van der Waals surface area (Å²) in [5.74, 6) is 5.81. The fourth-order valence-electron chi connectivity index (χ4n) is 2.08. The number of ether oxygens (including phenoxy) is 1. The minimum atomic E-state index is -0.412. The lowest BCUT2D eigenvalue weighted by atomic mass is 10.0. The van der Waals surface area contributed by atoms with Crippen LogP contribution >= 0.6 is 0 Å². The third-order valence-electron chi connectivity index (χ3n) is 3.22. The van der Waals surface area contributed by atoms with E-state index in [1.165, 1.54) is 13.2 Å². The molecule has 1 rings (SSSR count). The number of methoxy groups -OCH3 is 1. The van der Waals surface area contributed by atoms with Crippen LogP contribution < -0.4 is 10.6 Å². The molecular weight excluding hydrogens is 307 g/mol. The molecule has 0 fully saturated rings. The maximum atomic E-state index is 14.0. The number of benzene rings is 1. The Labute approximate surface area is 142 Å². The van der Waals surface area contributed by atoms with Gasteiger partial charge in [0.05, 0.1) is 12.8 Å². The van der Waals surface area contributed by atoms with Gasteiger partial charge in [-0.25, -0.2) is 4.39 Å². The number of nitrogens with zero attached hydrogens (tertiary/aromatic N) is 1. The van der Waals surface area contributed by atoms with Crippen molar-refractivity contribution in [3.8, 4) is 5.75 Å². The van der Waals surface area contributed by atoms with Crippen molar-refractivity contribution in [1.29, 1.82) is 0 Å². The molecule has 0 bridgehead atoms. The topological polar surface area (TPSA) is 67.8 Å². The standard InChI is InChI=1S/C19H25FN2O2/c1-5-6-19(23)16(11-13(2)3)18(22-21)10-8-14-7-9-15(24-4)12-17(14)20/h6-13,23H,5,21H2,1-4H3/b10-8+,16-11-,19-6+,22-18+. The lowest BCUT2D eigenvalue weighted by molar-refractivity contribution is 0.411. The summed E-state index contributed by atoms with van der Waals surface area (Å²) in [6.45, 7) is 5.89. The Hall–Kier alpha value is -2.56. The Morgan fingerprint density at radius 1 is 1.42 bits per heavy atom. The van der Waals surface area contributed by atoms with Crippen molar-refractivity contribution in [1.82, 2.24) is 0 Å². The molecule has 24 heavy (non-hydrogen) atoms. The van der Waals surface area contributed by atoms with Crippen molar-refractivity contribution < 1.29 is 14.2 Å². The predicted molar refractivity (Wildman–Crippen MR) is 97.5 cm³/mol. The molecule has 0 radical (unpaired) electrons. The maximum Gasteiger partial charge on any atom is 0.134 e. The summed E-state index contributed by atoms with van der Waals surface area (Å²) in [6.07, 6.45) is 7.37. The number of rotatable bonds is 7. The van der Waals surface area contributed by atoms with Gasteiger partial charge in [-0.15, -0.1) is 0 Å². The zero-order valence-electron chi connectivity index (χ0n) is 14.6. The van der Waals surface area contributed by atoms with Crippen LogP contribution in [0.2, 0.25) is 0 Å². The molecule has 4 nitrogen and oxygen atoms in total. The Morgan fingerprint density at radius 2 is 2.12 bits per heavy atom. The predicted octanol–water partition coefficient (Wildman–Crippen LogP) is 4.60. The second-order valence-corrected chi connectivity index (χ2v) is 5.56. The molecule has 0 heterocycles. The van der Waals surface area contributed by atoms with Crippen LogP contribution in [-0.4, -0.2) is 17.9 Å². The quantitative estimate of drug-likeness (QED) is 0.252. The Kier molecular flexibility index (Phi) is 7.75. The molecule has 0 spiro atoms. The van der Waals surface area contributed by atoms with E-state index < -0.39 is 5.82 Å². The molecule has 130 valence electrons. The summed E-state index contributed by atoms with van der Waals surface area (Å²) in [5.41, 5.74) is 1.28. The van der Waals surface area contributed by atoms with Gasteiger partial charge in [0.25, 0.3) is 0 Å². The molecule has 0 aliphatic rings. The molecule has 3 N–H and O–H groups in total. The lowest BCUT2D eigenvalue weighted by Crippen LogP contribution is -2.07. The number of aliphatic hydroxyl groups is 1. The van der Waals surface area contributed by atoms with E-state index in [2.05, 4.69) is 5.10 Å². The van der Waals surface area contributed by atoms with Gasteiger partial charge in [0.1, 0.15) is 17.3 Å². The van der Waals surface area contributed by atoms with E-state index in [-0.39, 0.29) is 11.7 Å². The van der Waals surface area contributed by atoms with E-state index in [4.69, 9.17) is 10.6 Å². The average Bonchev–Trinajstić information content (AvgIpc) is 2.55. The minimum Gasteiger partial charge on any atom is -0.508 e. The third-order valence-corrected chi connectivity index (χ3v) is 3.22.